The molecule has 0 unspecified atom stereocenters. The van der Waals surface area contributed by atoms with Crippen LogP contribution in [0, 0.1) is 5.92 Å². The monoisotopic (exact) mass is 809 g/mol. The zero-order chi connectivity index (χ0) is 42.9. The Hall–Kier alpha value is -6.34. The largest absolute Gasteiger partial charge is 0.481 e. The van der Waals surface area contributed by atoms with E-state index < -0.39 is 116 Å². The molecule has 0 bridgehead atoms. The summed E-state index contributed by atoms with van der Waals surface area (Å²) in [6.07, 6.45) is -0.742. The number of aromatic nitrogens is 1. The molecule has 3 aromatic rings. The number of nitrogens with two attached hydrogens (primary N) is 1. The number of aliphatic hydroxyl groups is 1. The Morgan fingerprint density at radius 1 is 0.621 bits per heavy atom. The minimum Gasteiger partial charge on any atom is -0.481 e. The molecule has 0 spiro atoms. The van der Waals surface area contributed by atoms with Gasteiger partial charge in [0.15, 0.2) is 0 Å². The lowest BCUT2D eigenvalue weighted by Crippen LogP contribution is -2.60. The number of aromatic amines is 1. The van der Waals surface area contributed by atoms with Crippen molar-refractivity contribution in [1.82, 2.24) is 31.6 Å². The highest BCUT2D eigenvalue weighted by atomic mass is 16.4. The second-order valence-corrected chi connectivity index (χ2v) is 14.2. The molecule has 0 aliphatic carbocycles. The first-order chi connectivity index (χ1) is 27.5. The fraction of sp³-hybridized carbons (Fsp3) is 0.436. The van der Waals surface area contributed by atoms with Crippen LogP contribution in [0.4, 0.5) is 0 Å². The van der Waals surface area contributed by atoms with Gasteiger partial charge in [-0.15, -0.1) is 0 Å². The number of carboxylic acid groups (broad SMARTS) is 3. The number of para-hydroxylation sites is 1. The maximum Gasteiger partial charge on any atom is 0.326 e. The number of carbonyl (C=O) groups is 8. The van der Waals surface area contributed by atoms with Crippen LogP contribution in [0.3, 0.4) is 0 Å². The van der Waals surface area contributed by atoms with Crippen LogP contribution in [0.5, 0.6) is 0 Å². The quantitative estimate of drug-likeness (QED) is 0.0548. The molecule has 19 nitrogen and oxygen atoms in total. The number of H-pyrrole nitrogens is 1. The topological polar surface area (TPSA) is 319 Å². The summed E-state index contributed by atoms with van der Waals surface area (Å²) in [7, 11) is 0. The van der Waals surface area contributed by atoms with Crippen molar-refractivity contribution in [2.24, 2.45) is 11.7 Å². The van der Waals surface area contributed by atoms with E-state index in [0.717, 1.165) is 11.1 Å². The Balaban J connectivity index is 1.76. The Bertz CT molecular complexity index is 1920. The highest BCUT2D eigenvalue weighted by molar-refractivity contribution is 5.97. The first-order valence-corrected chi connectivity index (χ1v) is 18.6. The third-order valence-electron chi connectivity index (χ3n) is 9.06. The molecule has 2 aromatic carbocycles. The molecule has 0 saturated carbocycles. The van der Waals surface area contributed by atoms with Crippen LogP contribution in [-0.2, 0) is 51.2 Å². The van der Waals surface area contributed by atoms with Crippen LogP contribution in [0.1, 0.15) is 57.1 Å². The van der Waals surface area contributed by atoms with Gasteiger partial charge in [0.1, 0.15) is 30.2 Å². The molecular weight excluding hydrogens is 758 g/mol. The van der Waals surface area contributed by atoms with Crippen molar-refractivity contribution in [3.8, 4) is 0 Å². The van der Waals surface area contributed by atoms with E-state index in [-0.39, 0.29) is 25.2 Å². The van der Waals surface area contributed by atoms with Gasteiger partial charge in [0, 0.05) is 36.4 Å². The van der Waals surface area contributed by atoms with Crippen LogP contribution in [0.2, 0.25) is 0 Å². The molecule has 0 aliphatic heterocycles. The summed E-state index contributed by atoms with van der Waals surface area (Å²) in [6, 6.07) is 7.14. The maximum absolute atomic E-state index is 13.7. The number of hydrogen-bond acceptors (Lipinski definition) is 10. The number of carboxylic acids is 3. The highest BCUT2D eigenvalue weighted by Gasteiger charge is 2.34. The van der Waals surface area contributed by atoms with Crippen LogP contribution in [0.25, 0.3) is 10.9 Å². The van der Waals surface area contributed by atoms with E-state index in [1.807, 2.05) is 0 Å². The number of rotatable bonds is 24. The lowest BCUT2D eigenvalue weighted by atomic mass is 10.0. The van der Waals surface area contributed by atoms with E-state index in [9.17, 15) is 58.8 Å². The SMILES string of the molecule is CC(C)C[C@H](NC(=O)[C@H](CO)NC(=O)[C@@H](N)Cc1ccccc1)C(=O)N[C@@H](CCC(=O)O)C(=O)N[C@@H](CCC(=O)O)C(=O)N[C@@H](Cc1c[nH]c2ccccc12)C(=O)O. The van der Waals surface area contributed by atoms with Gasteiger partial charge in [-0.25, -0.2) is 4.79 Å². The average molecular weight is 810 g/mol. The molecule has 19 heteroatoms. The molecule has 6 atom stereocenters. The number of nitrogens with one attached hydrogen (secondary N) is 6. The minimum atomic E-state index is -1.64. The van der Waals surface area contributed by atoms with Gasteiger partial charge < -0.3 is 57.7 Å². The number of amides is 5. The van der Waals surface area contributed by atoms with Crippen LogP contribution >= 0.6 is 0 Å². The third-order valence-corrected chi connectivity index (χ3v) is 9.06. The molecule has 1 aromatic heterocycles. The van der Waals surface area contributed by atoms with Crippen molar-refractivity contribution >= 4 is 58.3 Å². The van der Waals surface area contributed by atoms with Gasteiger partial charge in [-0.05, 0) is 48.8 Å². The van der Waals surface area contributed by atoms with Crippen molar-refractivity contribution in [2.75, 3.05) is 6.61 Å². The molecule has 1 heterocycles. The van der Waals surface area contributed by atoms with Gasteiger partial charge in [-0.1, -0.05) is 62.4 Å². The molecule has 314 valence electrons. The van der Waals surface area contributed by atoms with Gasteiger partial charge in [0.05, 0.1) is 12.6 Å². The molecule has 3 rings (SSSR count). The summed E-state index contributed by atoms with van der Waals surface area (Å²) in [5.41, 5.74) is 8.06. The standard InChI is InChI=1S/C39H51N7O12/c1-21(2)16-29(44-38(56)31(20-47)46-34(52)25(40)17-22-8-4-3-5-9-22)37(55)43-27(12-14-32(48)49)35(53)42-28(13-15-33(50)51)36(54)45-30(39(57)58)18-23-19-41-26-11-7-6-10-24(23)26/h3-11,19,21,25,27-31,41,47H,12-18,20,40H2,1-2H3,(H,42,53)(H,43,55)(H,44,56)(H,45,54)(H,46,52)(H,48,49)(H,50,51)(H,57,58)/t25-,27-,28-,29-,30-,31-/m0/s1. The first kappa shape index (κ1) is 46.0. The normalized spacial score (nSPS) is 14.2. The van der Waals surface area contributed by atoms with Crippen LogP contribution in [-0.4, -0.2) is 116 Å². The first-order valence-electron chi connectivity index (χ1n) is 18.6. The molecular formula is C39H51N7O12. The smallest absolute Gasteiger partial charge is 0.326 e. The number of hydrogen-bond donors (Lipinski definition) is 11. The average Bonchev–Trinajstić information content (AvgIpc) is 3.58. The van der Waals surface area contributed by atoms with Crippen LogP contribution < -0.4 is 32.3 Å². The third kappa shape index (κ3) is 14.6. The van der Waals surface area contributed by atoms with Crippen LogP contribution in [0.15, 0.2) is 60.8 Å². The van der Waals surface area contributed by atoms with Crippen molar-refractivity contribution in [1.29, 1.82) is 0 Å². The highest BCUT2D eigenvalue weighted by Crippen LogP contribution is 2.19. The van der Waals surface area contributed by atoms with E-state index in [1.54, 1.807) is 74.6 Å². The summed E-state index contributed by atoms with van der Waals surface area (Å²) in [6.45, 7) is 2.59. The fourth-order valence-electron chi connectivity index (χ4n) is 6.02. The molecule has 0 saturated heterocycles. The number of carbonyl (C=O) groups excluding carboxylic acids is 5. The Morgan fingerprint density at radius 3 is 1.64 bits per heavy atom. The Morgan fingerprint density at radius 2 is 1.10 bits per heavy atom. The second-order valence-electron chi connectivity index (χ2n) is 14.2. The summed E-state index contributed by atoms with van der Waals surface area (Å²) in [5.74, 6) is -9.12. The lowest BCUT2D eigenvalue weighted by Gasteiger charge is -2.27. The van der Waals surface area contributed by atoms with E-state index in [1.165, 1.54) is 0 Å². The van der Waals surface area contributed by atoms with E-state index in [0.29, 0.717) is 10.9 Å². The number of aliphatic hydroxyl groups excluding tert-OH is 1. The Kier molecular flexibility index (Phi) is 17.8. The predicted octanol–water partition coefficient (Wildman–Crippen LogP) is -0.443. The van der Waals surface area contributed by atoms with Crippen molar-refractivity contribution < 1.29 is 58.8 Å². The van der Waals surface area contributed by atoms with Gasteiger partial charge in [0.2, 0.25) is 29.5 Å². The molecule has 5 amide bonds. The van der Waals surface area contributed by atoms with E-state index in [4.69, 9.17) is 5.73 Å². The Labute approximate surface area is 333 Å². The van der Waals surface area contributed by atoms with Crippen molar-refractivity contribution in [3.05, 3.63) is 71.9 Å². The molecule has 0 radical (unpaired) electrons. The summed E-state index contributed by atoms with van der Waals surface area (Å²) >= 11 is 0. The van der Waals surface area contributed by atoms with Gasteiger partial charge in [-0.3, -0.25) is 33.6 Å². The number of fused-ring (bicyclic) bond motifs is 1. The maximum atomic E-state index is 13.7. The number of aliphatic carboxylic acids is 3. The fourth-order valence-corrected chi connectivity index (χ4v) is 6.02. The van der Waals surface area contributed by atoms with Crippen molar-refractivity contribution in [2.45, 2.75) is 95.0 Å². The predicted molar refractivity (Wildman–Crippen MR) is 208 cm³/mol. The van der Waals surface area contributed by atoms with Crippen molar-refractivity contribution in [3.63, 3.8) is 0 Å². The summed E-state index contributed by atoms with van der Waals surface area (Å²) in [5, 5.41) is 51.2. The number of benzene rings is 2. The van der Waals surface area contributed by atoms with E-state index >= 15 is 0 Å². The van der Waals surface area contributed by atoms with Gasteiger partial charge in [0.25, 0.3) is 0 Å². The molecule has 0 fully saturated rings. The zero-order valence-electron chi connectivity index (χ0n) is 32.1. The molecule has 0 aliphatic rings. The second kappa shape index (κ2) is 22.4. The zero-order valence-corrected chi connectivity index (χ0v) is 32.1. The minimum absolute atomic E-state index is 0.0128. The molecule has 58 heavy (non-hydrogen) atoms. The molecule has 12 N–H and O–H groups in total. The summed E-state index contributed by atoms with van der Waals surface area (Å²) < 4.78 is 0. The summed E-state index contributed by atoms with van der Waals surface area (Å²) in [4.78, 5) is 105. The van der Waals surface area contributed by atoms with E-state index in [2.05, 4.69) is 31.6 Å². The van der Waals surface area contributed by atoms with Gasteiger partial charge >= 0.3 is 17.9 Å². The lowest BCUT2D eigenvalue weighted by molar-refractivity contribution is -0.143. The van der Waals surface area contributed by atoms with Gasteiger partial charge in [-0.2, -0.15) is 0 Å².